The molecule has 0 bridgehead atoms. The molecule has 2 aliphatic rings. The molecular formula is C20H24N2O3S. The number of amides is 1. The van der Waals surface area contributed by atoms with Crippen LogP contribution >= 0.6 is 11.3 Å². The second-order valence-corrected chi connectivity index (χ2v) is 8.29. The van der Waals surface area contributed by atoms with Crippen molar-refractivity contribution in [2.24, 2.45) is 5.92 Å². The number of rotatable bonds is 5. The molecule has 4 rings (SSSR count). The molecule has 138 valence electrons. The number of hydrogen-bond donors (Lipinski definition) is 1. The summed E-state index contributed by atoms with van der Waals surface area (Å²) in [6, 6.07) is 5.82. The van der Waals surface area contributed by atoms with Gasteiger partial charge in [0.2, 0.25) is 12.7 Å². The van der Waals surface area contributed by atoms with Crippen LogP contribution in [0.3, 0.4) is 0 Å². The van der Waals surface area contributed by atoms with Gasteiger partial charge in [-0.2, -0.15) is 0 Å². The van der Waals surface area contributed by atoms with Crippen molar-refractivity contribution in [3.05, 3.63) is 23.1 Å². The maximum atomic E-state index is 12.3. The van der Waals surface area contributed by atoms with Gasteiger partial charge in [0.1, 0.15) is 0 Å². The first-order valence-corrected chi connectivity index (χ1v) is 10.2. The highest BCUT2D eigenvalue weighted by molar-refractivity contribution is 7.16. The van der Waals surface area contributed by atoms with Crippen LogP contribution in [-0.4, -0.2) is 17.7 Å². The third kappa shape index (κ3) is 3.85. The number of carbonyl (C=O) groups is 1. The van der Waals surface area contributed by atoms with E-state index in [-0.39, 0.29) is 12.7 Å². The van der Waals surface area contributed by atoms with E-state index in [9.17, 15) is 4.79 Å². The number of aryl methyl sites for hydroxylation is 1. The number of thiazole rings is 1. The number of nitrogens with one attached hydrogen (secondary N) is 1. The van der Waals surface area contributed by atoms with Crippen LogP contribution in [0.1, 0.15) is 49.8 Å². The van der Waals surface area contributed by atoms with Gasteiger partial charge in [0.25, 0.3) is 0 Å². The molecular weight excluding hydrogens is 348 g/mol. The van der Waals surface area contributed by atoms with Crippen molar-refractivity contribution >= 4 is 22.4 Å². The quantitative estimate of drug-likeness (QED) is 0.789. The van der Waals surface area contributed by atoms with Gasteiger partial charge in [0, 0.05) is 16.9 Å². The monoisotopic (exact) mass is 372 g/mol. The molecule has 5 nitrogen and oxygen atoms in total. The molecule has 1 aromatic carbocycles. The Labute approximate surface area is 157 Å². The van der Waals surface area contributed by atoms with Crippen molar-refractivity contribution in [2.45, 2.75) is 51.9 Å². The minimum Gasteiger partial charge on any atom is -0.454 e. The van der Waals surface area contributed by atoms with Crippen LogP contribution < -0.4 is 14.8 Å². The fourth-order valence-corrected chi connectivity index (χ4v) is 4.61. The number of benzene rings is 1. The summed E-state index contributed by atoms with van der Waals surface area (Å²) in [5, 5.41) is 3.65. The summed E-state index contributed by atoms with van der Waals surface area (Å²) in [5.41, 5.74) is 1.86. The SMILES string of the molecule is Cc1sc(NC(=O)CCC2CCCCC2)nc1-c1ccc2c(c1)OCO2. The average Bonchev–Trinajstić information content (AvgIpc) is 3.26. The zero-order chi connectivity index (χ0) is 17.9. The largest absolute Gasteiger partial charge is 0.454 e. The van der Waals surface area contributed by atoms with Crippen LogP contribution in [0.25, 0.3) is 11.3 Å². The molecule has 1 amide bonds. The molecule has 1 aliphatic heterocycles. The van der Waals surface area contributed by atoms with Crippen molar-refractivity contribution in [3.8, 4) is 22.8 Å². The summed E-state index contributed by atoms with van der Waals surface area (Å²) in [5.74, 6) is 2.30. The summed E-state index contributed by atoms with van der Waals surface area (Å²) in [6.45, 7) is 2.28. The van der Waals surface area contributed by atoms with E-state index in [2.05, 4.69) is 10.3 Å². The molecule has 0 spiro atoms. The van der Waals surface area contributed by atoms with Gasteiger partial charge < -0.3 is 14.8 Å². The van der Waals surface area contributed by atoms with Crippen molar-refractivity contribution in [2.75, 3.05) is 12.1 Å². The summed E-state index contributed by atoms with van der Waals surface area (Å²) >= 11 is 1.52. The predicted octanol–water partition coefficient (Wildman–Crippen LogP) is 5.15. The fraction of sp³-hybridized carbons (Fsp3) is 0.500. The van der Waals surface area contributed by atoms with Crippen molar-refractivity contribution < 1.29 is 14.3 Å². The molecule has 6 heteroatoms. The first kappa shape index (κ1) is 17.3. The fourth-order valence-electron chi connectivity index (χ4n) is 3.75. The van der Waals surface area contributed by atoms with Gasteiger partial charge in [0.15, 0.2) is 16.6 Å². The standard InChI is InChI=1S/C20H24N2O3S/c1-13-19(15-8-9-16-17(11-15)25-12-24-16)22-20(26-13)21-18(23)10-7-14-5-3-2-4-6-14/h8-9,11,14H,2-7,10,12H2,1H3,(H,21,22,23). The zero-order valence-electron chi connectivity index (χ0n) is 15.0. The Bertz CT molecular complexity index is 796. The van der Waals surface area contributed by atoms with E-state index in [0.717, 1.165) is 40.0 Å². The van der Waals surface area contributed by atoms with Crippen molar-refractivity contribution in [3.63, 3.8) is 0 Å². The third-order valence-corrected chi connectivity index (χ3v) is 6.08. The summed E-state index contributed by atoms with van der Waals surface area (Å²) < 4.78 is 10.8. The van der Waals surface area contributed by atoms with E-state index >= 15 is 0 Å². The first-order chi connectivity index (χ1) is 12.7. The van der Waals surface area contributed by atoms with Gasteiger partial charge in [0.05, 0.1) is 5.69 Å². The van der Waals surface area contributed by atoms with Gasteiger partial charge in [-0.15, -0.1) is 11.3 Å². The number of ether oxygens (including phenoxy) is 2. The molecule has 1 fully saturated rings. The van der Waals surface area contributed by atoms with E-state index in [1.54, 1.807) is 0 Å². The Morgan fingerprint density at radius 1 is 1.23 bits per heavy atom. The Morgan fingerprint density at radius 2 is 2.04 bits per heavy atom. The summed E-state index contributed by atoms with van der Waals surface area (Å²) in [4.78, 5) is 18.0. The zero-order valence-corrected chi connectivity index (χ0v) is 15.9. The molecule has 0 atom stereocenters. The highest BCUT2D eigenvalue weighted by Crippen LogP contribution is 2.38. The molecule has 1 aromatic heterocycles. The van der Waals surface area contributed by atoms with Gasteiger partial charge in [-0.05, 0) is 37.5 Å². The smallest absolute Gasteiger partial charge is 0.231 e. The first-order valence-electron chi connectivity index (χ1n) is 9.36. The van der Waals surface area contributed by atoms with Crippen LogP contribution in [-0.2, 0) is 4.79 Å². The Balaban J connectivity index is 1.39. The lowest BCUT2D eigenvalue weighted by molar-refractivity contribution is -0.116. The van der Waals surface area contributed by atoms with E-state index in [4.69, 9.17) is 9.47 Å². The lowest BCUT2D eigenvalue weighted by Gasteiger charge is -2.20. The van der Waals surface area contributed by atoms with Gasteiger partial charge in [-0.1, -0.05) is 32.1 Å². The molecule has 1 N–H and O–H groups in total. The molecule has 26 heavy (non-hydrogen) atoms. The number of hydrogen-bond acceptors (Lipinski definition) is 5. The minimum absolute atomic E-state index is 0.0709. The topological polar surface area (TPSA) is 60.5 Å². The van der Waals surface area contributed by atoms with Crippen LogP contribution in [0.4, 0.5) is 5.13 Å². The molecule has 0 unspecified atom stereocenters. The van der Waals surface area contributed by atoms with Crippen molar-refractivity contribution in [1.82, 2.24) is 4.98 Å². The van der Waals surface area contributed by atoms with Gasteiger partial charge in [-0.25, -0.2) is 4.98 Å². The van der Waals surface area contributed by atoms with E-state index in [1.165, 1.54) is 43.4 Å². The number of aromatic nitrogens is 1. The lowest BCUT2D eigenvalue weighted by Crippen LogP contribution is -2.14. The molecule has 1 aliphatic carbocycles. The van der Waals surface area contributed by atoms with E-state index in [1.807, 2.05) is 25.1 Å². The van der Waals surface area contributed by atoms with Crippen LogP contribution in [0.5, 0.6) is 11.5 Å². The molecule has 2 heterocycles. The second kappa shape index (κ2) is 7.66. The second-order valence-electron chi connectivity index (χ2n) is 7.08. The number of anilines is 1. The van der Waals surface area contributed by atoms with Gasteiger partial charge >= 0.3 is 0 Å². The minimum atomic E-state index is 0.0709. The van der Waals surface area contributed by atoms with Crippen LogP contribution in [0, 0.1) is 12.8 Å². The highest BCUT2D eigenvalue weighted by atomic mass is 32.1. The number of nitrogens with zero attached hydrogens (tertiary/aromatic N) is 1. The maximum absolute atomic E-state index is 12.3. The Kier molecular flexibility index (Phi) is 5.11. The number of fused-ring (bicyclic) bond motifs is 1. The number of carbonyl (C=O) groups excluding carboxylic acids is 1. The Morgan fingerprint density at radius 3 is 2.88 bits per heavy atom. The van der Waals surface area contributed by atoms with E-state index < -0.39 is 0 Å². The molecule has 0 saturated heterocycles. The lowest BCUT2D eigenvalue weighted by atomic mass is 9.86. The third-order valence-electron chi connectivity index (χ3n) is 5.19. The summed E-state index contributed by atoms with van der Waals surface area (Å²) in [6.07, 6.45) is 8.11. The van der Waals surface area contributed by atoms with E-state index in [0.29, 0.717) is 11.6 Å². The molecule has 1 saturated carbocycles. The Hall–Kier alpha value is -2.08. The predicted molar refractivity (Wildman–Crippen MR) is 103 cm³/mol. The highest BCUT2D eigenvalue weighted by Gasteiger charge is 2.18. The maximum Gasteiger partial charge on any atom is 0.231 e. The van der Waals surface area contributed by atoms with Crippen LogP contribution in [0.2, 0.25) is 0 Å². The van der Waals surface area contributed by atoms with Crippen molar-refractivity contribution in [1.29, 1.82) is 0 Å². The molecule has 0 radical (unpaired) electrons. The van der Waals surface area contributed by atoms with Crippen LogP contribution in [0.15, 0.2) is 18.2 Å². The molecule has 2 aromatic rings. The van der Waals surface area contributed by atoms with Gasteiger partial charge in [-0.3, -0.25) is 4.79 Å². The average molecular weight is 372 g/mol. The normalized spacial score (nSPS) is 16.7. The summed E-state index contributed by atoms with van der Waals surface area (Å²) in [7, 11) is 0.